The molecule has 0 aliphatic rings. The predicted octanol–water partition coefficient (Wildman–Crippen LogP) is 19.4. The lowest BCUT2D eigenvalue weighted by Gasteiger charge is -2.27. The van der Waals surface area contributed by atoms with Crippen LogP contribution in [0.25, 0.3) is 0 Å². The fourth-order valence-corrected chi connectivity index (χ4v) is 9.78. The third-order valence-electron chi connectivity index (χ3n) is 14.0. The molecule has 0 heterocycles. The van der Waals surface area contributed by atoms with Gasteiger partial charge in [-0.2, -0.15) is 0 Å². The Morgan fingerprint density at radius 1 is 0.467 bits per heavy atom. The number of rotatable bonds is 57. The van der Waals surface area contributed by atoms with Crippen molar-refractivity contribution in [3.63, 3.8) is 0 Å². The minimum absolute atomic E-state index is 0.0377. The molecule has 10 heteroatoms. The molecule has 438 valence electrons. The Labute approximate surface area is 464 Å². The number of phosphoric ester groups is 1. The lowest BCUT2D eigenvalue weighted by atomic mass is 10.0. The van der Waals surface area contributed by atoms with Crippen molar-refractivity contribution >= 4 is 19.7 Å². The first kappa shape index (κ1) is 72.7. The summed E-state index contributed by atoms with van der Waals surface area (Å²) in [4.78, 5) is 37.7. The van der Waals surface area contributed by atoms with Gasteiger partial charge in [0.05, 0.1) is 33.8 Å². The second kappa shape index (κ2) is 55.0. The van der Waals surface area contributed by atoms with Gasteiger partial charge in [-0.1, -0.05) is 262 Å². The monoisotopic (exact) mass is 1070 g/mol. The van der Waals surface area contributed by atoms with Crippen LogP contribution in [0.1, 0.15) is 290 Å². The van der Waals surface area contributed by atoms with Crippen LogP contribution in [0.3, 0.4) is 0 Å². The van der Waals surface area contributed by atoms with Crippen LogP contribution in [0.5, 0.6) is 0 Å². The maximum Gasteiger partial charge on any atom is 0.472 e. The van der Waals surface area contributed by atoms with Gasteiger partial charge in [-0.05, 0) is 76.7 Å². The van der Waals surface area contributed by atoms with Gasteiger partial charge < -0.3 is 19.4 Å². The van der Waals surface area contributed by atoms with E-state index < -0.39 is 20.0 Å². The molecule has 0 fully saturated rings. The van der Waals surface area contributed by atoms with Gasteiger partial charge in [-0.3, -0.25) is 18.6 Å². The Balaban J connectivity index is 5.18. The minimum atomic E-state index is -4.45. The van der Waals surface area contributed by atoms with Gasteiger partial charge in [0, 0.05) is 12.8 Å². The lowest BCUT2D eigenvalue weighted by molar-refractivity contribution is -0.870. The van der Waals surface area contributed by atoms with Crippen molar-refractivity contribution in [2.45, 2.75) is 303 Å². The second-order valence-electron chi connectivity index (χ2n) is 22.6. The lowest BCUT2D eigenvalue weighted by Crippen LogP contribution is -2.47. The molecule has 1 amide bonds. The zero-order valence-electron chi connectivity index (χ0n) is 50.0. The number of esters is 1. The van der Waals surface area contributed by atoms with Crippen LogP contribution in [-0.2, 0) is 27.9 Å². The Morgan fingerprint density at radius 2 is 0.813 bits per heavy atom. The number of hydrogen-bond acceptors (Lipinski definition) is 6. The molecule has 0 aromatic heterocycles. The van der Waals surface area contributed by atoms with Crippen molar-refractivity contribution in [3.8, 4) is 0 Å². The Kier molecular flexibility index (Phi) is 53.4. The number of nitrogens with one attached hydrogen (secondary N) is 1. The number of unbranched alkanes of at least 4 members (excludes halogenated alkanes) is 33. The summed E-state index contributed by atoms with van der Waals surface area (Å²) in [5, 5.41) is 3.05. The summed E-state index contributed by atoms with van der Waals surface area (Å²) < 4.78 is 30.7. The standard InChI is InChI=1S/C65H121N2O7P/c1-7-10-13-16-19-22-25-27-29-30-31-32-33-34-35-36-38-39-42-45-48-51-54-57-64(68)66-62(61-73-75(70,71)72-60-59-67(4,5)6)63(56-53-50-47-44-41-24-21-18-15-12-9-3)74-65(69)58-55-52-49-46-43-40-37-28-26-23-20-17-14-11-8-2/h19,22,27,29,31-32,34-35,53,56,62-63H,7-18,20-21,23-26,28,30,33,36-52,54-55,57-61H2,1-6H3,(H-,66,68,70,71)/p+1/b22-19-,29-27-,32-31-,35-34-,56-53-. The fraction of sp³-hybridized carbons (Fsp3) is 0.815. The minimum Gasteiger partial charge on any atom is -0.456 e. The van der Waals surface area contributed by atoms with Gasteiger partial charge in [0.2, 0.25) is 5.91 Å². The van der Waals surface area contributed by atoms with E-state index in [0.29, 0.717) is 23.9 Å². The topological polar surface area (TPSA) is 111 Å². The van der Waals surface area contributed by atoms with Crippen molar-refractivity contribution in [2.75, 3.05) is 40.9 Å². The zero-order chi connectivity index (χ0) is 55.0. The van der Waals surface area contributed by atoms with Gasteiger partial charge in [-0.25, -0.2) is 4.57 Å². The van der Waals surface area contributed by atoms with Crippen LogP contribution in [0, 0.1) is 0 Å². The highest BCUT2D eigenvalue weighted by atomic mass is 31.2. The second-order valence-corrected chi connectivity index (χ2v) is 24.0. The van der Waals surface area contributed by atoms with Crippen molar-refractivity contribution in [3.05, 3.63) is 60.8 Å². The third-order valence-corrected chi connectivity index (χ3v) is 14.9. The largest absolute Gasteiger partial charge is 0.472 e. The Bertz CT molecular complexity index is 1470. The Hall–Kier alpha value is -2.29. The summed E-state index contributed by atoms with van der Waals surface area (Å²) >= 11 is 0. The number of amides is 1. The molecule has 2 N–H and O–H groups in total. The molecule has 0 bridgehead atoms. The predicted molar refractivity (Wildman–Crippen MR) is 323 cm³/mol. The smallest absolute Gasteiger partial charge is 0.456 e. The summed E-state index contributed by atoms with van der Waals surface area (Å²) in [6, 6.07) is -0.853. The zero-order valence-corrected chi connectivity index (χ0v) is 50.9. The molecular formula is C65H122N2O7P+. The van der Waals surface area contributed by atoms with Gasteiger partial charge in [-0.15, -0.1) is 0 Å². The summed E-state index contributed by atoms with van der Waals surface area (Å²) in [6.45, 7) is 6.99. The van der Waals surface area contributed by atoms with E-state index in [0.717, 1.165) is 89.9 Å². The summed E-state index contributed by atoms with van der Waals surface area (Å²) in [7, 11) is 1.49. The maximum absolute atomic E-state index is 13.5. The molecule has 0 aliphatic heterocycles. The Morgan fingerprint density at radius 3 is 1.24 bits per heavy atom. The van der Waals surface area contributed by atoms with E-state index in [9.17, 15) is 19.0 Å². The van der Waals surface area contributed by atoms with Gasteiger partial charge in [0.15, 0.2) is 0 Å². The SMILES string of the molecule is CCCCC/C=C\C/C=C\C/C=C\C/C=C\CCCCCCCCCC(=O)NC(COP(=O)(O)OCC[N+](C)(C)C)C(/C=C\CCCCCCCCCCC)OC(=O)CCCCCCCCCCCCCCCCC. The molecule has 0 aromatic carbocycles. The first-order valence-electron chi connectivity index (χ1n) is 31.6. The van der Waals surface area contributed by atoms with Crippen LogP contribution in [0.15, 0.2) is 60.8 Å². The number of hydrogen-bond donors (Lipinski definition) is 2. The molecule has 75 heavy (non-hydrogen) atoms. The molecule has 0 radical (unpaired) electrons. The quantitative estimate of drug-likeness (QED) is 0.0205. The number of ether oxygens (including phenoxy) is 1. The average Bonchev–Trinajstić information content (AvgIpc) is 3.37. The number of likely N-dealkylation sites (N-methyl/N-ethyl adjacent to an activating group) is 1. The van der Waals surface area contributed by atoms with Crippen LogP contribution in [0.4, 0.5) is 0 Å². The average molecular weight is 1070 g/mol. The number of quaternary nitrogens is 1. The van der Waals surface area contributed by atoms with E-state index >= 15 is 0 Å². The van der Waals surface area contributed by atoms with E-state index in [2.05, 4.69) is 74.7 Å². The molecule has 0 aliphatic carbocycles. The first-order chi connectivity index (χ1) is 36.4. The normalized spacial score (nSPS) is 14.1. The van der Waals surface area contributed by atoms with E-state index in [-0.39, 0.29) is 25.1 Å². The number of allylic oxidation sites excluding steroid dienone is 9. The molecule has 9 nitrogen and oxygen atoms in total. The first-order valence-corrected chi connectivity index (χ1v) is 33.1. The molecule has 0 saturated carbocycles. The fourth-order valence-electron chi connectivity index (χ4n) is 9.04. The highest BCUT2D eigenvalue weighted by molar-refractivity contribution is 7.47. The summed E-state index contributed by atoms with van der Waals surface area (Å²) in [5.74, 6) is -0.510. The highest BCUT2D eigenvalue weighted by Crippen LogP contribution is 2.43. The number of carbonyl (C=O) groups excluding carboxylic acids is 2. The van der Waals surface area contributed by atoms with Crippen molar-refractivity contribution < 1.29 is 37.3 Å². The van der Waals surface area contributed by atoms with E-state index in [1.165, 1.54) is 167 Å². The highest BCUT2D eigenvalue weighted by Gasteiger charge is 2.30. The van der Waals surface area contributed by atoms with Crippen LogP contribution in [0.2, 0.25) is 0 Å². The van der Waals surface area contributed by atoms with E-state index in [1.807, 2.05) is 33.3 Å². The van der Waals surface area contributed by atoms with Crippen molar-refractivity contribution in [1.82, 2.24) is 5.32 Å². The number of nitrogens with zero attached hydrogens (tertiary/aromatic N) is 1. The molecular weight excluding hydrogens is 952 g/mol. The van der Waals surface area contributed by atoms with Crippen molar-refractivity contribution in [1.29, 1.82) is 0 Å². The molecule has 3 unspecified atom stereocenters. The molecule has 0 rings (SSSR count). The number of carbonyl (C=O) groups is 2. The van der Waals surface area contributed by atoms with Gasteiger partial charge in [0.1, 0.15) is 19.3 Å². The summed E-state index contributed by atoms with van der Waals surface area (Å²) in [6.07, 6.45) is 69.3. The molecule has 0 spiro atoms. The summed E-state index contributed by atoms with van der Waals surface area (Å²) in [5.41, 5.74) is 0. The number of phosphoric acid groups is 1. The van der Waals surface area contributed by atoms with E-state index in [4.69, 9.17) is 13.8 Å². The maximum atomic E-state index is 13.5. The van der Waals surface area contributed by atoms with Crippen LogP contribution in [-0.4, -0.2) is 74.3 Å². The van der Waals surface area contributed by atoms with Crippen LogP contribution >= 0.6 is 7.82 Å². The molecule has 3 atom stereocenters. The third kappa shape index (κ3) is 56.2. The van der Waals surface area contributed by atoms with Crippen molar-refractivity contribution in [2.24, 2.45) is 0 Å². The molecule has 0 aromatic rings. The molecule has 0 saturated heterocycles. The van der Waals surface area contributed by atoms with E-state index in [1.54, 1.807) is 0 Å². The van der Waals surface area contributed by atoms with Gasteiger partial charge >= 0.3 is 13.8 Å². The van der Waals surface area contributed by atoms with Crippen LogP contribution < -0.4 is 5.32 Å². The van der Waals surface area contributed by atoms with Gasteiger partial charge in [0.25, 0.3) is 0 Å².